The topological polar surface area (TPSA) is 93.5 Å². The van der Waals surface area contributed by atoms with E-state index in [2.05, 4.69) is 25.1 Å². The zero-order chi connectivity index (χ0) is 22.8. The highest BCUT2D eigenvalue weighted by atomic mass is 19.1. The molecular formula is C24H22FN5O3. The van der Waals surface area contributed by atoms with Gasteiger partial charge >= 0.3 is 0 Å². The minimum Gasteiger partial charge on any atom is -0.480 e. The number of fused-ring (bicyclic) bond motifs is 1. The standard InChI is InChI=1S/C24H22FN5O3/c1-32-22-7-6-20(28-29-22)24(31)17-4-2-15(12-19(17)25)23-18-5-3-16(13-21(18)26-14-27-23)30-8-10-33-11-9-30/h2-7,12-14,24,31H,8-11H2,1H3. The Morgan fingerprint density at radius 1 is 1.03 bits per heavy atom. The third kappa shape index (κ3) is 4.20. The Bertz CT molecular complexity index is 1280. The molecule has 8 nitrogen and oxygen atoms in total. The van der Waals surface area contributed by atoms with Crippen molar-refractivity contribution in [3.8, 4) is 17.1 Å². The van der Waals surface area contributed by atoms with Crippen LogP contribution in [0.5, 0.6) is 5.88 Å². The fourth-order valence-corrected chi connectivity index (χ4v) is 3.93. The number of halogens is 1. The van der Waals surface area contributed by atoms with Gasteiger partial charge in [0.2, 0.25) is 5.88 Å². The van der Waals surface area contributed by atoms with Crippen LogP contribution in [0, 0.1) is 5.82 Å². The molecule has 0 saturated carbocycles. The highest BCUT2D eigenvalue weighted by Crippen LogP contribution is 2.31. The number of aliphatic hydroxyl groups is 1. The molecule has 1 aliphatic heterocycles. The van der Waals surface area contributed by atoms with Gasteiger partial charge in [0, 0.05) is 41.4 Å². The van der Waals surface area contributed by atoms with Crippen molar-refractivity contribution < 1.29 is 19.0 Å². The number of anilines is 1. The summed E-state index contributed by atoms with van der Waals surface area (Å²) < 4.78 is 25.4. The van der Waals surface area contributed by atoms with E-state index in [1.54, 1.807) is 18.2 Å². The van der Waals surface area contributed by atoms with Crippen LogP contribution in [0.15, 0.2) is 54.9 Å². The first-order chi connectivity index (χ1) is 16.1. The number of benzene rings is 2. The van der Waals surface area contributed by atoms with Gasteiger partial charge in [0.1, 0.15) is 18.2 Å². The number of aromatic nitrogens is 4. The van der Waals surface area contributed by atoms with Crippen molar-refractivity contribution in [2.45, 2.75) is 6.10 Å². The summed E-state index contributed by atoms with van der Waals surface area (Å²) in [6.45, 7) is 3.06. The second-order valence-electron chi connectivity index (χ2n) is 7.66. The molecule has 0 bridgehead atoms. The molecule has 3 heterocycles. The minimum atomic E-state index is -1.25. The summed E-state index contributed by atoms with van der Waals surface area (Å²) in [6.07, 6.45) is 0.227. The van der Waals surface area contributed by atoms with Gasteiger partial charge in [-0.2, -0.15) is 0 Å². The van der Waals surface area contributed by atoms with Crippen molar-refractivity contribution in [1.82, 2.24) is 20.2 Å². The van der Waals surface area contributed by atoms with Crippen molar-refractivity contribution in [2.75, 3.05) is 38.3 Å². The van der Waals surface area contributed by atoms with Gasteiger partial charge in [-0.25, -0.2) is 14.4 Å². The average molecular weight is 447 g/mol. The van der Waals surface area contributed by atoms with E-state index in [0.717, 1.165) is 29.7 Å². The Morgan fingerprint density at radius 2 is 1.88 bits per heavy atom. The van der Waals surface area contributed by atoms with Gasteiger partial charge < -0.3 is 19.5 Å². The van der Waals surface area contributed by atoms with Crippen molar-refractivity contribution in [1.29, 1.82) is 0 Å². The number of aliphatic hydroxyl groups excluding tert-OH is 1. The molecule has 2 aromatic carbocycles. The number of hydrogen-bond acceptors (Lipinski definition) is 8. The maximum absolute atomic E-state index is 15.0. The molecule has 5 rings (SSSR count). The lowest BCUT2D eigenvalue weighted by molar-refractivity contribution is 0.122. The summed E-state index contributed by atoms with van der Waals surface area (Å²) in [4.78, 5) is 11.1. The van der Waals surface area contributed by atoms with Crippen LogP contribution in [0.4, 0.5) is 10.1 Å². The Hall–Kier alpha value is -3.69. The van der Waals surface area contributed by atoms with E-state index < -0.39 is 11.9 Å². The summed E-state index contributed by atoms with van der Waals surface area (Å²) in [5, 5.41) is 19.2. The Labute approximate surface area is 189 Å². The molecule has 0 spiro atoms. The molecule has 168 valence electrons. The molecular weight excluding hydrogens is 425 g/mol. The fourth-order valence-electron chi connectivity index (χ4n) is 3.93. The summed E-state index contributed by atoms with van der Waals surface area (Å²) in [6, 6.07) is 13.8. The molecule has 1 unspecified atom stereocenters. The van der Waals surface area contributed by atoms with Crippen molar-refractivity contribution in [3.63, 3.8) is 0 Å². The lowest BCUT2D eigenvalue weighted by Crippen LogP contribution is -2.36. The van der Waals surface area contributed by atoms with Gasteiger partial charge in [-0.1, -0.05) is 12.1 Å². The van der Waals surface area contributed by atoms with E-state index in [-0.39, 0.29) is 11.3 Å². The van der Waals surface area contributed by atoms with Crippen LogP contribution in [0.3, 0.4) is 0 Å². The fraction of sp³-hybridized carbons (Fsp3) is 0.250. The lowest BCUT2D eigenvalue weighted by Gasteiger charge is -2.29. The molecule has 1 saturated heterocycles. The molecule has 1 N–H and O–H groups in total. The molecule has 0 aliphatic carbocycles. The number of morpholine rings is 1. The molecule has 0 radical (unpaired) electrons. The second kappa shape index (κ2) is 9.05. The number of hydrogen-bond donors (Lipinski definition) is 1. The minimum absolute atomic E-state index is 0.103. The molecule has 4 aromatic rings. The van der Waals surface area contributed by atoms with E-state index >= 15 is 4.39 Å². The smallest absolute Gasteiger partial charge is 0.233 e. The molecule has 2 aromatic heterocycles. The molecule has 1 aliphatic rings. The summed E-state index contributed by atoms with van der Waals surface area (Å²) in [7, 11) is 1.47. The van der Waals surface area contributed by atoms with E-state index in [9.17, 15) is 5.11 Å². The number of rotatable bonds is 5. The van der Waals surface area contributed by atoms with Crippen LogP contribution < -0.4 is 9.64 Å². The molecule has 33 heavy (non-hydrogen) atoms. The molecule has 9 heteroatoms. The summed E-state index contributed by atoms with van der Waals surface area (Å²) in [5.41, 5.74) is 3.40. The third-order valence-electron chi connectivity index (χ3n) is 5.71. The maximum Gasteiger partial charge on any atom is 0.233 e. The highest BCUT2D eigenvalue weighted by molar-refractivity contribution is 5.93. The summed E-state index contributed by atoms with van der Waals surface area (Å²) in [5.74, 6) is -0.247. The van der Waals surface area contributed by atoms with Crippen LogP contribution >= 0.6 is 0 Å². The van der Waals surface area contributed by atoms with E-state index in [1.165, 1.54) is 25.6 Å². The average Bonchev–Trinajstić information content (AvgIpc) is 2.88. The largest absolute Gasteiger partial charge is 0.480 e. The van der Waals surface area contributed by atoms with Crippen LogP contribution in [-0.2, 0) is 4.74 Å². The number of ether oxygens (including phenoxy) is 2. The monoisotopic (exact) mass is 447 g/mol. The lowest BCUT2D eigenvalue weighted by atomic mass is 10.0. The first-order valence-corrected chi connectivity index (χ1v) is 10.6. The Balaban J connectivity index is 1.46. The second-order valence-corrected chi connectivity index (χ2v) is 7.66. The number of nitrogens with zero attached hydrogens (tertiary/aromatic N) is 5. The first-order valence-electron chi connectivity index (χ1n) is 10.6. The van der Waals surface area contributed by atoms with Crippen LogP contribution in [0.25, 0.3) is 22.2 Å². The zero-order valence-electron chi connectivity index (χ0n) is 18.0. The zero-order valence-corrected chi connectivity index (χ0v) is 18.0. The van der Waals surface area contributed by atoms with Gasteiger partial charge in [-0.05, 0) is 30.3 Å². The normalized spacial score (nSPS) is 14.9. The predicted octanol–water partition coefficient (Wildman–Crippen LogP) is 3.15. The van der Waals surface area contributed by atoms with Gasteiger partial charge in [0.15, 0.2) is 0 Å². The van der Waals surface area contributed by atoms with E-state index in [1.807, 2.05) is 18.2 Å². The molecule has 1 fully saturated rings. The number of methoxy groups -OCH3 is 1. The van der Waals surface area contributed by atoms with E-state index in [4.69, 9.17) is 9.47 Å². The first kappa shape index (κ1) is 21.2. The highest BCUT2D eigenvalue weighted by Gasteiger charge is 2.19. The molecule has 0 amide bonds. The molecule has 1 atom stereocenters. The van der Waals surface area contributed by atoms with Crippen LogP contribution in [0.2, 0.25) is 0 Å². The SMILES string of the molecule is COc1ccc(C(O)c2ccc(-c3ncnc4cc(N5CCOCC5)ccc34)cc2F)nn1. The van der Waals surface area contributed by atoms with Gasteiger partial charge in [0.25, 0.3) is 0 Å². The van der Waals surface area contributed by atoms with E-state index in [0.29, 0.717) is 30.4 Å². The van der Waals surface area contributed by atoms with Gasteiger partial charge in [0.05, 0.1) is 37.2 Å². The van der Waals surface area contributed by atoms with Crippen molar-refractivity contribution >= 4 is 16.6 Å². The predicted molar refractivity (Wildman–Crippen MR) is 121 cm³/mol. The van der Waals surface area contributed by atoms with Crippen LogP contribution in [-0.4, -0.2) is 58.7 Å². The third-order valence-corrected chi connectivity index (χ3v) is 5.71. The van der Waals surface area contributed by atoms with Gasteiger partial charge in [-0.3, -0.25) is 0 Å². The Kier molecular flexibility index (Phi) is 5.80. The van der Waals surface area contributed by atoms with Gasteiger partial charge in [-0.15, -0.1) is 10.2 Å². The summed E-state index contributed by atoms with van der Waals surface area (Å²) >= 11 is 0. The maximum atomic E-state index is 15.0. The van der Waals surface area contributed by atoms with Crippen molar-refractivity contribution in [2.24, 2.45) is 0 Å². The van der Waals surface area contributed by atoms with Crippen LogP contribution in [0.1, 0.15) is 17.4 Å². The van der Waals surface area contributed by atoms with Crippen molar-refractivity contribution in [3.05, 3.63) is 71.9 Å². The Morgan fingerprint density at radius 3 is 2.61 bits per heavy atom. The quantitative estimate of drug-likeness (QED) is 0.499.